The highest BCUT2D eigenvalue weighted by molar-refractivity contribution is 5.93. The first-order chi connectivity index (χ1) is 10.4. The Morgan fingerprint density at radius 1 is 1.23 bits per heavy atom. The fourth-order valence-electron chi connectivity index (χ4n) is 2.58. The lowest BCUT2D eigenvalue weighted by Crippen LogP contribution is -3.19. The van der Waals surface area contributed by atoms with Crippen LogP contribution in [0, 0.1) is 11.6 Å². The van der Waals surface area contributed by atoms with Gasteiger partial charge in [0.1, 0.15) is 17.3 Å². The monoisotopic (exact) mass is 312 g/mol. The Balaban J connectivity index is 1.97. The van der Waals surface area contributed by atoms with Crippen molar-refractivity contribution in [1.82, 2.24) is 4.90 Å². The first-order valence-electron chi connectivity index (χ1n) is 7.25. The van der Waals surface area contributed by atoms with Crippen molar-refractivity contribution in [3.05, 3.63) is 29.8 Å². The number of carbonyl (C=O) groups is 2. The predicted molar refractivity (Wildman–Crippen MR) is 77.4 cm³/mol. The zero-order chi connectivity index (χ0) is 16.3. The molecule has 120 valence electrons. The first-order valence-corrected chi connectivity index (χ1v) is 7.25. The Morgan fingerprint density at radius 2 is 1.77 bits per heavy atom. The number of amides is 2. The summed E-state index contributed by atoms with van der Waals surface area (Å²) in [6.07, 6.45) is 0. The van der Waals surface area contributed by atoms with Crippen LogP contribution in [-0.2, 0) is 9.59 Å². The molecule has 1 heterocycles. The number of quaternary nitrogens is 1. The molecule has 0 bridgehead atoms. The highest BCUT2D eigenvalue weighted by atomic mass is 19.1. The van der Waals surface area contributed by atoms with E-state index in [1.54, 1.807) is 11.8 Å². The van der Waals surface area contributed by atoms with Gasteiger partial charge >= 0.3 is 0 Å². The number of para-hydroxylation sites is 1. The normalized spacial score (nSPS) is 17.2. The molecule has 0 spiro atoms. The number of benzene rings is 1. The standard InChI is InChI=1S/C15H19F2N3O2/c1-10(19-6-8-20(9-7-19)11(2)21)15(22)18-14-12(16)4-3-5-13(14)17/h3-5,10H,6-9H2,1-2H3,(H,18,22)/p+1/t10-/m1/s1. The molecule has 22 heavy (non-hydrogen) atoms. The van der Waals surface area contributed by atoms with Gasteiger partial charge in [-0.25, -0.2) is 8.78 Å². The molecule has 0 radical (unpaired) electrons. The molecule has 2 N–H and O–H groups in total. The van der Waals surface area contributed by atoms with E-state index >= 15 is 0 Å². The van der Waals surface area contributed by atoms with E-state index < -0.39 is 29.3 Å². The second-order valence-corrected chi connectivity index (χ2v) is 5.47. The van der Waals surface area contributed by atoms with Gasteiger partial charge in [-0.15, -0.1) is 0 Å². The van der Waals surface area contributed by atoms with Crippen LogP contribution in [0.4, 0.5) is 14.5 Å². The first kappa shape index (κ1) is 16.4. The summed E-state index contributed by atoms with van der Waals surface area (Å²) in [4.78, 5) is 26.2. The second kappa shape index (κ2) is 6.83. The van der Waals surface area contributed by atoms with Crippen molar-refractivity contribution >= 4 is 17.5 Å². The molecule has 1 fully saturated rings. The molecule has 2 rings (SSSR count). The van der Waals surface area contributed by atoms with Crippen molar-refractivity contribution in [2.75, 3.05) is 31.5 Å². The summed E-state index contributed by atoms with van der Waals surface area (Å²) in [6, 6.07) is 2.99. The van der Waals surface area contributed by atoms with Crippen LogP contribution in [-0.4, -0.2) is 48.9 Å². The SMILES string of the molecule is CC(=O)N1CC[NH+]([C@H](C)C(=O)Nc2c(F)cccc2F)CC1. The fraction of sp³-hybridized carbons (Fsp3) is 0.467. The number of carbonyl (C=O) groups excluding carboxylic acids is 2. The Labute approximate surface area is 127 Å². The Hall–Kier alpha value is -2.02. The highest BCUT2D eigenvalue weighted by Crippen LogP contribution is 2.17. The van der Waals surface area contributed by atoms with E-state index in [4.69, 9.17) is 0 Å². The van der Waals surface area contributed by atoms with E-state index in [1.807, 2.05) is 0 Å². The smallest absolute Gasteiger partial charge is 0.282 e. The number of hydrogen-bond donors (Lipinski definition) is 2. The average molecular weight is 312 g/mol. The van der Waals surface area contributed by atoms with Gasteiger partial charge < -0.3 is 15.1 Å². The summed E-state index contributed by atoms with van der Waals surface area (Å²) in [7, 11) is 0. The summed E-state index contributed by atoms with van der Waals surface area (Å²) >= 11 is 0. The maximum atomic E-state index is 13.6. The average Bonchev–Trinajstić information content (AvgIpc) is 2.50. The maximum absolute atomic E-state index is 13.6. The van der Waals surface area contributed by atoms with Crippen molar-refractivity contribution in [3.8, 4) is 0 Å². The van der Waals surface area contributed by atoms with E-state index in [0.717, 1.165) is 17.0 Å². The summed E-state index contributed by atoms with van der Waals surface area (Å²) < 4.78 is 27.1. The van der Waals surface area contributed by atoms with Crippen LogP contribution >= 0.6 is 0 Å². The minimum Gasteiger partial charge on any atom is -0.332 e. The third-order valence-corrected chi connectivity index (χ3v) is 4.07. The van der Waals surface area contributed by atoms with E-state index in [2.05, 4.69) is 5.32 Å². The van der Waals surface area contributed by atoms with Crippen molar-refractivity contribution in [2.24, 2.45) is 0 Å². The van der Waals surface area contributed by atoms with E-state index in [-0.39, 0.29) is 5.91 Å². The Kier molecular flexibility index (Phi) is 5.07. The molecule has 1 aliphatic heterocycles. The largest absolute Gasteiger partial charge is 0.332 e. The lowest BCUT2D eigenvalue weighted by atomic mass is 10.2. The lowest BCUT2D eigenvalue weighted by Gasteiger charge is -2.34. The minimum atomic E-state index is -0.794. The van der Waals surface area contributed by atoms with Gasteiger partial charge in [0, 0.05) is 6.92 Å². The van der Waals surface area contributed by atoms with Gasteiger partial charge in [-0.1, -0.05) is 6.07 Å². The zero-order valence-electron chi connectivity index (χ0n) is 12.7. The molecule has 1 atom stereocenters. The number of anilines is 1. The van der Waals surface area contributed by atoms with Gasteiger partial charge in [-0.3, -0.25) is 9.59 Å². The van der Waals surface area contributed by atoms with E-state index in [9.17, 15) is 18.4 Å². The summed E-state index contributed by atoms with van der Waals surface area (Å²) in [5.41, 5.74) is -0.416. The maximum Gasteiger partial charge on any atom is 0.282 e. The zero-order valence-corrected chi connectivity index (χ0v) is 12.7. The number of hydrogen-bond acceptors (Lipinski definition) is 2. The van der Waals surface area contributed by atoms with Crippen LogP contribution in [0.2, 0.25) is 0 Å². The predicted octanol–water partition coefficient (Wildman–Crippen LogP) is 0.0388. The van der Waals surface area contributed by atoms with Crippen LogP contribution in [0.15, 0.2) is 18.2 Å². The number of nitrogens with zero attached hydrogens (tertiary/aromatic N) is 1. The van der Waals surface area contributed by atoms with Crippen molar-refractivity contribution < 1.29 is 23.3 Å². The van der Waals surface area contributed by atoms with Crippen molar-refractivity contribution in [1.29, 1.82) is 0 Å². The third-order valence-electron chi connectivity index (χ3n) is 4.07. The molecule has 0 aromatic heterocycles. The molecule has 0 aliphatic carbocycles. The van der Waals surface area contributed by atoms with Crippen molar-refractivity contribution in [2.45, 2.75) is 19.9 Å². The third kappa shape index (κ3) is 3.59. The molecule has 1 saturated heterocycles. The molecular weight excluding hydrogens is 292 g/mol. The molecule has 0 unspecified atom stereocenters. The lowest BCUT2D eigenvalue weighted by molar-refractivity contribution is -0.917. The van der Waals surface area contributed by atoms with Gasteiger partial charge in [0.2, 0.25) is 5.91 Å². The molecule has 1 aromatic carbocycles. The number of piperazine rings is 1. The summed E-state index contributed by atoms with van der Waals surface area (Å²) in [5.74, 6) is -2.01. The summed E-state index contributed by atoms with van der Waals surface area (Å²) in [6.45, 7) is 5.66. The number of rotatable bonds is 3. The van der Waals surface area contributed by atoms with Gasteiger partial charge in [0.25, 0.3) is 5.91 Å². The van der Waals surface area contributed by atoms with Crippen LogP contribution in [0.5, 0.6) is 0 Å². The number of halogens is 2. The Morgan fingerprint density at radius 3 is 2.27 bits per heavy atom. The quantitative estimate of drug-likeness (QED) is 0.828. The van der Waals surface area contributed by atoms with Gasteiger partial charge in [-0.05, 0) is 19.1 Å². The molecule has 0 saturated carbocycles. The second-order valence-electron chi connectivity index (χ2n) is 5.47. The molecule has 7 heteroatoms. The summed E-state index contributed by atoms with van der Waals surface area (Å²) in [5, 5.41) is 2.32. The highest BCUT2D eigenvalue weighted by Gasteiger charge is 2.30. The fourth-order valence-corrected chi connectivity index (χ4v) is 2.58. The minimum absolute atomic E-state index is 0.0181. The molecule has 5 nitrogen and oxygen atoms in total. The van der Waals surface area contributed by atoms with E-state index in [0.29, 0.717) is 26.2 Å². The van der Waals surface area contributed by atoms with Gasteiger partial charge in [0.05, 0.1) is 26.2 Å². The van der Waals surface area contributed by atoms with Crippen LogP contribution < -0.4 is 10.2 Å². The molecule has 2 amide bonds. The van der Waals surface area contributed by atoms with E-state index in [1.165, 1.54) is 13.0 Å². The molecule has 1 aromatic rings. The van der Waals surface area contributed by atoms with Crippen LogP contribution in [0.3, 0.4) is 0 Å². The van der Waals surface area contributed by atoms with Gasteiger partial charge in [-0.2, -0.15) is 0 Å². The van der Waals surface area contributed by atoms with Crippen molar-refractivity contribution in [3.63, 3.8) is 0 Å². The van der Waals surface area contributed by atoms with Gasteiger partial charge in [0.15, 0.2) is 6.04 Å². The number of nitrogens with one attached hydrogen (secondary N) is 2. The van der Waals surface area contributed by atoms with Crippen LogP contribution in [0.25, 0.3) is 0 Å². The molecule has 1 aliphatic rings. The molecular formula is C15H20F2N3O2+. The Bertz CT molecular complexity index is 552. The van der Waals surface area contributed by atoms with Crippen LogP contribution in [0.1, 0.15) is 13.8 Å². The topological polar surface area (TPSA) is 53.9 Å².